The highest BCUT2D eigenvalue weighted by atomic mass is 16.5. The molecule has 0 radical (unpaired) electrons. The van der Waals surface area contributed by atoms with E-state index in [4.69, 9.17) is 16.3 Å². The molecule has 0 rings (SSSR count). The third-order valence-electron chi connectivity index (χ3n) is 1.22. The van der Waals surface area contributed by atoms with Crippen LogP contribution in [-0.2, 0) is 9.53 Å². The maximum absolute atomic E-state index is 10.5. The molecule has 0 heterocycles. The largest absolute Gasteiger partial charge is 0.479 e. The highest BCUT2D eigenvalue weighted by Gasteiger charge is 2.29. The van der Waals surface area contributed by atoms with Crippen LogP contribution in [0.15, 0.2) is 0 Å². The summed E-state index contributed by atoms with van der Waals surface area (Å²) in [5.41, 5.74) is -1.20. The zero-order valence-electron chi connectivity index (χ0n) is 6.92. The van der Waals surface area contributed by atoms with Crippen LogP contribution in [0.25, 0.3) is 0 Å². The topological polar surface area (TPSA) is 46.5 Å². The van der Waals surface area contributed by atoms with Crippen LogP contribution in [0.1, 0.15) is 20.8 Å². The number of ether oxygens (including phenoxy) is 1. The van der Waals surface area contributed by atoms with E-state index < -0.39 is 17.7 Å². The van der Waals surface area contributed by atoms with Gasteiger partial charge in [0.2, 0.25) is 0 Å². The second-order valence-electron chi connectivity index (χ2n) is 2.74. The van der Waals surface area contributed by atoms with Gasteiger partial charge in [-0.1, -0.05) is 5.92 Å². The van der Waals surface area contributed by atoms with Gasteiger partial charge in [-0.15, -0.1) is 6.42 Å². The first-order valence-electron chi connectivity index (χ1n) is 3.27. The summed E-state index contributed by atoms with van der Waals surface area (Å²) in [7, 11) is 0. The van der Waals surface area contributed by atoms with Crippen LogP contribution in [0.5, 0.6) is 0 Å². The van der Waals surface area contributed by atoms with Crippen LogP contribution < -0.4 is 0 Å². The molecule has 0 saturated carbocycles. The van der Waals surface area contributed by atoms with Crippen LogP contribution in [-0.4, -0.2) is 22.8 Å². The lowest BCUT2D eigenvalue weighted by atomic mass is 10.1. The van der Waals surface area contributed by atoms with Crippen molar-refractivity contribution >= 4 is 5.97 Å². The van der Waals surface area contributed by atoms with Gasteiger partial charge in [-0.3, -0.25) is 0 Å². The minimum atomic E-state index is -1.20. The minimum Gasteiger partial charge on any atom is -0.479 e. The van der Waals surface area contributed by atoms with Crippen molar-refractivity contribution in [3.8, 4) is 12.3 Å². The Morgan fingerprint density at radius 1 is 1.73 bits per heavy atom. The molecule has 62 valence electrons. The van der Waals surface area contributed by atoms with Gasteiger partial charge in [0, 0.05) is 0 Å². The molecule has 0 aliphatic rings. The molecule has 0 aromatic carbocycles. The summed E-state index contributed by atoms with van der Waals surface area (Å²) in [6.45, 7) is 4.55. The van der Waals surface area contributed by atoms with Crippen molar-refractivity contribution in [2.75, 3.05) is 0 Å². The Balaban J connectivity index is 4.15. The molecule has 0 aromatic rings. The van der Waals surface area contributed by atoms with E-state index >= 15 is 0 Å². The maximum atomic E-state index is 10.5. The Morgan fingerprint density at radius 3 is 2.45 bits per heavy atom. The van der Waals surface area contributed by atoms with E-state index in [1.807, 2.05) is 0 Å². The van der Waals surface area contributed by atoms with Crippen LogP contribution in [0.4, 0.5) is 0 Å². The van der Waals surface area contributed by atoms with E-state index in [-0.39, 0.29) is 0 Å². The van der Waals surface area contributed by atoms with Gasteiger partial charge >= 0.3 is 5.97 Å². The monoisotopic (exact) mass is 156 g/mol. The predicted molar refractivity (Wildman–Crippen MR) is 41.1 cm³/mol. The van der Waals surface area contributed by atoms with Crippen molar-refractivity contribution in [3.05, 3.63) is 0 Å². The number of rotatable bonds is 3. The molecule has 0 aliphatic heterocycles. The van der Waals surface area contributed by atoms with Crippen molar-refractivity contribution < 1.29 is 14.6 Å². The summed E-state index contributed by atoms with van der Waals surface area (Å²) in [6.07, 6.45) is 4.54. The molecule has 0 saturated heterocycles. The molecular weight excluding hydrogens is 144 g/mol. The minimum absolute atomic E-state index is 0.471. The fraction of sp³-hybridized carbons (Fsp3) is 0.625. The molecule has 0 amide bonds. The lowest BCUT2D eigenvalue weighted by Gasteiger charge is -2.21. The Morgan fingerprint density at radius 2 is 2.18 bits per heavy atom. The summed E-state index contributed by atoms with van der Waals surface area (Å²) in [5, 5.41) is 8.59. The quantitative estimate of drug-likeness (QED) is 0.617. The summed E-state index contributed by atoms with van der Waals surface area (Å²) in [5.74, 6) is 1.28. The lowest BCUT2D eigenvalue weighted by Crippen LogP contribution is -2.37. The van der Waals surface area contributed by atoms with Crippen molar-refractivity contribution in [1.29, 1.82) is 0 Å². The smallest absolute Gasteiger partial charge is 0.335 e. The molecule has 0 aromatic heterocycles. The number of hydrogen-bond donors (Lipinski definition) is 1. The third-order valence-corrected chi connectivity index (χ3v) is 1.22. The first-order chi connectivity index (χ1) is 4.90. The number of hydrogen-bond acceptors (Lipinski definition) is 2. The van der Waals surface area contributed by atoms with Gasteiger partial charge in [0.25, 0.3) is 0 Å². The van der Waals surface area contributed by atoms with Gasteiger partial charge in [-0.05, 0) is 20.8 Å². The van der Waals surface area contributed by atoms with E-state index in [0.29, 0.717) is 0 Å². The number of aliphatic carboxylic acids is 1. The second kappa shape index (κ2) is 3.40. The predicted octanol–water partition coefficient (Wildman–Crippen LogP) is 0.888. The first-order valence-corrected chi connectivity index (χ1v) is 3.27. The molecule has 0 bridgehead atoms. The summed E-state index contributed by atoms with van der Waals surface area (Å²) in [4.78, 5) is 10.5. The normalized spacial score (nSPS) is 13.6. The maximum Gasteiger partial charge on any atom is 0.335 e. The molecule has 11 heavy (non-hydrogen) atoms. The van der Waals surface area contributed by atoms with E-state index in [1.54, 1.807) is 6.92 Å². The summed E-state index contributed by atoms with van der Waals surface area (Å²) >= 11 is 0. The molecule has 1 N–H and O–H groups in total. The zero-order chi connectivity index (χ0) is 9.07. The molecular formula is C8H12O3. The molecule has 0 aliphatic carbocycles. The van der Waals surface area contributed by atoms with Gasteiger partial charge < -0.3 is 9.84 Å². The standard InChI is InChI=1S/C8H12O3/c1-5-6(2)11-8(3,4)7(9)10/h1,6H,2-4H3,(H,9,10). The average Bonchev–Trinajstić information content (AvgIpc) is 1.86. The van der Waals surface area contributed by atoms with Gasteiger partial charge in [0.1, 0.15) is 6.10 Å². The SMILES string of the molecule is C#CC(C)OC(C)(C)C(=O)O. The van der Waals surface area contributed by atoms with Crippen molar-refractivity contribution in [3.63, 3.8) is 0 Å². The summed E-state index contributed by atoms with van der Waals surface area (Å²) in [6, 6.07) is 0. The van der Waals surface area contributed by atoms with Crippen LogP contribution in [0.3, 0.4) is 0 Å². The van der Waals surface area contributed by atoms with E-state index in [1.165, 1.54) is 13.8 Å². The van der Waals surface area contributed by atoms with Crippen molar-refractivity contribution in [2.45, 2.75) is 32.5 Å². The van der Waals surface area contributed by atoms with Crippen molar-refractivity contribution in [2.24, 2.45) is 0 Å². The average molecular weight is 156 g/mol. The van der Waals surface area contributed by atoms with E-state index in [0.717, 1.165) is 0 Å². The van der Waals surface area contributed by atoms with Gasteiger partial charge in [0.15, 0.2) is 5.60 Å². The van der Waals surface area contributed by atoms with E-state index in [2.05, 4.69) is 5.92 Å². The Hall–Kier alpha value is -1.01. The Kier molecular flexibility index (Phi) is 3.09. The van der Waals surface area contributed by atoms with Crippen LogP contribution in [0.2, 0.25) is 0 Å². The van der Waals surface area contributed by atoms with Crippen LogP contribution in [0, 0.1) is 12.3 Å². The molecule has 1 unspecified atom stereocenters. The number of terminal acetylenes is 1. The van der Waals surface area contributed by atoms with Gasteiger partial charge in [-0.2, -0.15) is 0 Å². The third kappa shape index (κ3) is 3.06. The first kappa shape index (κ1) is 9.99. The lowest BCUT2D eigenvalue weighted by molar-refractivity contribution is -0.163. The Bertz CT molecular complexity index is 188. The molecule has 3 nitrogen and oxygen atoms in total. The Labute approximate surface area is 66.4 Å². The van der Waals surface area contributed by atoms with Gasteiger partial charge in [-0.25, -0.2) is 4.79 Å². The summed E-state index contributed by atoms with van der Waals surface area (Å²) < 4.78 is 5.01. The number of carbonyl (C=O) groups is 1. The molecule has 3 heteroatoms. The molecule has 0 spiro atoms. The fourth-order valence-electron chi connectivity index (χ4n) is 0.526. The fourth-order valence-corrected chi connectivity index (χ4v) is 0.526. The number of carboxylic acids is 1. The zero-order valence-corrected chi connectivity index (χ0v) is 6.92. The van der Waals surface area contributed by atoms with Gasteiger partial charge in [0.05, 0.1) is 0 Å². The highest BCUT2D eigenvalue weighted by molar-refractivity contribution is 5.76. The molecule has 0 fully saturated rings. The van der Waals surface area contributed by atoms with Crippen molar-refractivity contribution in [1.82, 2.24) is 0 Å². The molecule has 1 atom stereocenters. The number of carboxylic acid groups (broad SMARTS) is 1. The highest BCUT2D eigenvalue weighted by Crippen LogP contribution is 2.11. The van der Waals surface area contributed by atoms with E-state index in [9.17, 15) is 4.79 Å². The van der Waals surface area contributed by atoms with Crippen LogP contribution >= 0.6 is 0 Å². The second-order valence-corrected chi connectivity index (χ2v) is 2.74.